The molecule has 1 unspecified atom stereocenters. The van der Waals surface area contributed by atoms with Crippen LogP contribution in [0.5, 0.6) is 0 Å². The Morgan fingerprint density at radius 3 is 2.47 bits per heavy atom. The molecule has 4 heterocycles. The molecule has 3 atom stereocenters. The first-order valence-corrected chi connectivity index (χ1v) is 10.9. The van der Waals surface area contributed by atoms with Crippen LogP contribution in [0.25, 0.3) is 0 Å². The molecule has 0 spiro atoms. The molecular weight excluding hydrogens is 397 g/mol. The molecule has 6 nitrogen and oxygen atoms in total. The zero-order valence-electron chi connectivity index (χ0n) is 17.8. The summed E-state index contributed by atoms with van der Waals surface area (Å²) in [6, 6.07) is -0.126. The Morgan fingerprint density at radius 2 is 1.90 bits per heavy atom. The molecule has 3 aliphatic heterocycles. The van der Waals surface area contributed by atoms with Gasteiger partial charge in [0.25, 0.3) is 5.91 Å². The molecule has 0 aromatic carbocycles. The highest BCUT2D eigenvalue weighted by Gasteiger charge is 2.48. The van der Waals surface area contributed by atoms with Gasteiger partial charge >= 0.3 is 6.18 Å². The van der Waals surface area contributed by atoms with Crippen molar-refractivity contribution in [2.24, 2.45) is 5.41 Å². The van der Waals surface area contributed by atoms with Gasteiger partial charge in [0.1, 0.15) is 11.9 Å². The molecule has 4 rings (SSSR count). The number of ether oxygens (including phenoxy) is 1. The summed E-state index contributed by atoms with van der Waals surface area (Å²) in [5, 5.41) is 7.67. The van der Waals surface area contributed by atoms with Crippen LogP contribution in [0.1, 0.15) is 70.5 Å². The van der Waals surface area contributed by atoms with E-state index in [1.807, 2.05) is 25.7 Å². The molecule has 0 radical (unpaired) electrons. The summed E-state index contributed by atoms with van der Waals surface area (Å²) in [4.78, 5) is 14.4. The van der Waals surface area contributed by atoms with Crippen LogP contribution in [0.2, 0.25) is 0 Å². The molecule has 0 saturated carbocycles. The zero-order valence-corrected chi connectivity index (χ0v) is 17.8. The number of amides is 1. The molecule has 1 aromatic heterocycles. The third kappa shape index (κ3) is 4.18. The molecule has 1 amide bonds. The maximum Gasteiger partial charge on any atom is 0.410 e. The molecule has 2 fully saturated rings. The Balaban J connectivity index is 1.48. The van der Waals surface area contributed by atoms with Gasteiger partial charge in [-0.25, -0.2) is 4.68 Å². The Labute approximate surface area is 175 Å². The molecule has 1 aromatic rings. The van der Waals surface area contributed by atoms with Gasteiger partial charge in [0.2, 0.25) is 0 Å². The fourth-order valence-electron chi connectivity index (χ4n) is 4.73. The number of rotatable bonds is 2. The first-order chi connectivity index (χ1) is 14.0. The standard InChI is InChI=1S/C21H31F3N4O2/c1-20(2,3)16-12-17(21(22,23)24)28-18(25-16)11-14(26-28)13-6-8-27(9-7-13)19(29)15-5-4-10-30-15/h11,13,15-17,25H,4-10,12H2,1-3H3/t15?,16-,17+/m0/s1. The predicted molar refractivity (Wildman–Crippen MR) is 106 cm³/mol. The lowest BCUT2D eigenvalue weighted by Gasteiger charge is -2.39. The number of likely N-dealkylation sites (tertiary alicyclic amines) is 1. The van der Waals surface area contributed by atoms with E-state index in [0.29, 0.717) is 44.0 Å². The topological polar surface area (TPSA) is 59.4 Å². The second kappa shape index (κ2) is 7.73. The van der Waals surface area contributed by atoms with Gasteiger partial charge in [-0.3, -0.25) is 4.79 Å². The van der Waals surface area contributed by atoms with Crippen molar-refractivity contribution in [2.75, 3.05) is 25.0 Å². The fraction of sp³-hybridized carbons (Fsp3) is 0.810. The highest BCUT2D eigenvalue weighted by atomic mass is 19.4. The number of nitrogens with one attached hydrogen (secondary N) is 1. The van der Waals surface area contributed by atoms with Crippen molar-refractivity contribution >= 4 is 11.7 Å². The Hall–Kier alpha value is -1.77. The van der Waals surface area contributed by atoms with E-state index in [1.165, 1.54) is 0 Å². The molecule has 0 aliphatic carbocycles. The van der Waals surface area contributed by atoms with E-state index >= 15 is 0 Å². The highest BCUT2D eigenvalue weighted by molar-refractivity contribution is 5.81. The van der Waals surface area contributed by atoms with Crippen molar-refractivity contribution in [1.82, 2.24) is 14.7 Å². The summed E-state index contributed by atoms with van der Waals surface area (Å²) in [6.07, 6.45) is -1.62. The number of carbonyl (C=O) groups excluding carboxylic acids is 1. The van der Waals surface area contributed by atoms with Crippen molar-refractivity contribution in [2.45, 2.75) is 83.2 Å². The predicted octanol–water partition coefficient (Wildman–Crippen LogP) is 4.10. The fourth-order valence-corrected chi connectivity index (χ4v) is 4.73. The van der Waals surface area contributed by atoms with Gasteiger partial charge < -0.3 is 15.0 Å². The van der Waals surface area contributed by atoms with Crippen LogP contribution >= 0.6 is 0 Å². The van der Waals surface area contributed by atoms with E-state index in [-0.39, 0.29) is 35.8 Å². The van der Waals surface area contributed by atoms with Crippen LogP contribution in [0.3, 0.4) is 0 Å². The quantitative estimate of drug-likeness (QED) is 0.771. The maximum atomic E-state index is 13.8. The molecule has 1 N–H and O–H groups in total. The minimum Gasteiger partial charge on any atom is -0.368 e. The number of halogens is 3. The van der Waals surface area contributed by atoms with Crippen LogP contribution in [0.4, 0.5) is 19.0 Å². The second-order valence-electron chi connectivity index (χ2n) is 9.86. The second-order valence-corrected chi connectivity index (χ2v) is 9.86. The highest BCUT2D eigenvalue weighted by Crippen LogP contribution is 2.44. The van der Waals surface area contributed by atoms with E-state index < -0.39 is 12.2 Å². The monoisotopic (exact) mass is 428 g/mol. The number of anilines is 1. The number of hydrogen-bond acceptors (Lipinski definition) is 4. The smallest absolute Gasteiger partial charge is 0.368 e. The van der Waals surface area contributed by atoms with E-state index in [9.17, 15) is 18.0 Å². The van der Waals surface area contributed by atoms with Crippen LogP contribution in [-0.2, 0) is 9.53 Å². The van der Waals surface area contributed by atoms with Crippen LogP contribution < -0.4 is 5.32 Å². The van der Waals surface area contributed by atoms with Gasteiger partial charge in [0, 0.05) is 37.7 Å². The van der Waals surface area contributed by atoms with Crippen LogP contribution in [0.15, 0.2) is 6.07 Å². The first kappa shape index (κ1) is 21.5. The zero-order chi connectivity index (χ0) is 21.7. The molecule has 0 bridgehead atoms. The lowest BCUT2D eigenvalue weighted by Crippen LogP contribution is -2.44. The lowest BCUT2D eigenvalue weighted by molar-refractivity contribution is -0.175. The van der Waals surface area contributed by atoms with E-state index in [0.717, 1.165) is 17.5 Å². The normalized spacial score (nSPS) is 28.3. The maximum absolute atomic E-state index is 13.8. The number of aromatic nitrogens is 2. The summed E-state index contributed by atoms with van der Waals surface area (Å²) in [7, 11) is 0. The largest absolute Gasteiger partial charge is 0.410 e. The van der Waals surface area contributed by atoms with Gasteiger partial charge in [-0.2, -0.15) is 18.3 Å². The number of carbonyl (C=O) groups is 1. The minimum absolute atomic E-state index is 0.0323. The van der Waals surface area contributed by atoms with Gasteiger partial charge in [-0.15, -0.1) is 0 Å². The van der Waals surface area contributed by atoms with Crippen molar-refractivity contribution in [3.63, 3.8) is 0 Å². The number of piperidine rings is 1. The van der Waals surface area contributed by atoms with Crippen LogP contribution in [-0.4, -0.2) is 58.6 Å². The van der Waals surface area contributed by atoms with Crippen molar-refractivity contribution < 1.29 is 22.7 Å². The van der Waals surface area contributed by atoms with Crippen molar-refractivity contribution in [1.29, 1.82) is 0 Å². The molecule has 30 heavy (non-hydrogen) atoms. The summed E-state index contributed by atoms with van der Waals surface area (Å²) in [5.41, 5.74) is 0.387. The minimum atomic E-state index is -4.35. The number of nitrogens with zero attached hydrogens (tertiary/aromatic N) is 3. The average Bonchev–Trinajstić information content (AvgIpc) is 3.35. The molecular formula is C21H31F3N4O2. The van der Waals surface area contributed by atoms with Gasteiger partial charge in [-0.05, 0) is 37.5 Å². The SMILES string of the molecule is CC(C)(C)[C@@H]1C[C@H](C(F)(F)F)n2nc(C3CCN(C(=O)C4CCCO4)CC3)cc2N1. The third-order valence-corrected chi connectivity index (χ3v) is 6.68. The Kier molecular flexibility index (Phi) is 5.53. The Morgan fingerprint density at radius 1 is 1.20 bits per heavy atom. The van der Waals surface area contributed by atoms with E-state index in [4.69, 9.17) is 4.74 Å². The molecule has 168 valence electrons. The van der Waals surface area contributed by atoms with Crippen LogP contribution in [0, 0.1) is 5.41 Å². The average molecular weight is 428 g/mol. The van der Waals surface area contributed by atoms with Gasteiger partial charge in [-0.1, -0.05) is 20.8 Å². The van der Waals surface area contributed by atoms with Crippen molar-refractivity contribution in [3.05, 3.63) is 11.8 Å². The van der Waals surface area contributed by atoms with Crippen molar-refractivity contribution in [3.8, 4) is 0 Å². The molecule has 3 aliphatic rings. The summed E-state index contributed by atoms with van der Waals surface area (Å²) in [5.74, 6) is 0.540. The number of hydrogen-bond donors (Lipinski definition) is 1. The lowest BCUT2D eigenvalue weighted by atomic mass is 9.82. The first-order valence-electron chi connectivity index (χ1n) is 10.9. The molecule has 2 saturated heterocycles. The summed E-state index contributed by atoms with van der Waals surface area (Å²) < 4.78 is 47.9. The number of fused-ring (bicyclic) bond motifs is 1. The summed E-state index contributed by atoms with van der Waals surface area (Å²) >= 11 is 0. The van der Waals surface area contributed by atoms with E-state index in [2.05, 4.69) is 10.4 Å². The molecule has 9 heteroatoms. The van der Waals surface area contributed by atoms with E-state index in [1.54, 1.807) is 6.07 Å². The van der Waals surface area contributed by atoms with Gasteiger partial charge in [0.05, 0.1) is 5.69 Å². The number of alkyl halides is 3. The third-order valence-electron chi connectivity index (χ3n) is 6.68. The summed E-state index contributed by atoms with van der Waals surface area (Å²) in [6.45, 7) is 7.66. The Bertz CT molecular complexity index is 772. The van der Waals surface area contributed by atoms with Gasteiger partial charge in [0.15, 0.2) is 6.04 Å².